The SMILES string of the molecule is CC1(C)c2cccc3c2N2c4c1ccc1c4C4(c5c(ccc6c5N1c1ccccc1C6(C)C)-n1cc(-c5ccccc5)c[n+]14)[n+]1cccc(c12)C3(C)C. The second-order valence-electron chi connectivity index (χ2n) is 17.5. The quantitative estimate of drug-likeness (QED) is 0.160. The summed E-state index contributed by atoms with van der Waals surface area (Å²) in [7, 11) is 0. The first-order chi connectivity index (χ1) is 25.6. The molecule has 8 heterocycles. The Bertz CT molecular complexity index is 2880. The van der Waals surface area contributed by atoms with Gasteiger partial charge in [0.1, 0.15) is 22.5 Å². The summed E-state index contributed by atoms with van der Waals surface area (Å²) in [6.07, 6.45) is 7.16. The normalized spacial score (nSPS) is 20.7. The molecular formula is C48H39N5+2. The van der Waals surface area contributed by atoms with Crippen molar-refractivity contribution in [1.29, 1.82) is 0 Å². The van der Waals surface area contributed by atoms with Gasteiger partial charge in [-0.25, -0.2) is 0 Å². The van der Waals surface area contributed by atoms with Crippen molar-refractivity contribution >= 4 is 34.3 Å². The van der Waals surface area contributed by atoms with E-state index in [0.717, 1.165) is 0 Å². The second-order valence-corrected chi connectivity index (χ2v) is 17.5. The molecule has 0 aliphatic carbocycles. The van der Waals surface area contributed by atoms with Gasteiger partial charge in [-0.2, -0.15) is 9.47 Å². The third kappa shape index (κ3) is 2.79. The molecule has 6 aliphatic heterocycles. The first-order valence-corrected chi connectivity index (χ1v) is 19.0. The van der Waals surface area contributed by atoms with Crippen molar-refractivity contribution < 1.29 is 9.25 Å². The molecule has 1 unspecified atom stereocenters. The van der Waals surface area contributed by atoms with Crippen LogP contribution in [0.4, 0.5) is 34.3 Å². The summed E-state index contributed by atoms with van der Waals surface area (Å²) in [5.74, 6) is 1.27. The average molecular weight is 686 g/mol. The Hall–Kier alpha value is -5.94. The van der Waals surface area contributed by atoms with E-state index in [4.69, 9.17) is 0 Å². The molecule has 0 fully saturated rings. The molecule has 0 saturated carbocycles. The topological polar surface area (TPSA) is 19.2 Å². The summed E-state index contributed by atoms with van der Waals surface area (Å²) in [6, 6.07) is 41.5. The first-order valence-electron chi connectivity index (χ1n) is 19.0. The predicted molar refractivity (Wildman–Crippen MR) is 209 cm³/mol. The number of anilines is 6. The summed E-state index contributed by atoms with van der Waals surface area (Å²) in [5.41, 5.74) is 19.9. The molecule has 7 aromatic rings. The van der Waals surface area contributed by atoms with Gasteiger partial charge in [0.15, 0.2) is 5.69 Å². The van der Waals surface area contributed by atoms with Crippen LogP contribution in [0.2, 0.25) is 0 Å². The minimum absolute atomic E-state index is 0.194. The number of fused-ring (bicyclic) bond motifs is 5. The molecule has 0 radical (unpaired) electrons. The van der Waals surface area contributed by atoms with Gasteiger partial charge in [-0.05, 0) is 47.0 Å². The number of rotatable bonds is 1. The molecule has 254 valence electrons. The molecule has 13 rings (SSSR count). The second kappa shape index (κ2) is 8.47. The molecule has 1 atom stereocenters. The monoisotopic (exact) mass is 685 g/mol. The Morgan fingerprint density at radius 2 is 1.04 bits per heavy atom. The Balaban J connectivity index is 1.29. The van der Waals surface area contributed by atoms with Crippen LogP contribution >= 0.6 is 0 Å². The zero-order chi connectivity index (χ0) is 35.6. The highest BCUT2D eigenvalue weighted by molar-refractivity contribution is 6.01. The highest BCUT2D eigenvalue weighted by atomic mass is 15.6. The lowest BCUT2D eigenvalue weighted by Gasteiger charge is -2.52. The van der Waals surface area contributed by atoms with Crippen LogP contribution < -0.4 is 19.0 Å². The lowest BCUT2D eigenvalue weighted by molar-refractivity contribution is -0.991. The largest absolute Gasteiger partial charge is 0.394 e. The van der Waals surface area contributed by atoms with Gasteiger partial charge in [-0.3, -0.25) is 0 Å². The Morgan fingerprint density at radius 3 is 1.81 bits per heavy atom. The average Bonchev–Trinajstić information content (AvgIpc) is 3.72. The summed E-state index contributed by atoms with van der Waals surface area (Å²) >= 11 is 0. The standard InChI is InChI=1S/C48H39N5/c1-45(2)30-16-10-11-20-36(30)52-38-24-22-34-43-40(38)48(39-37(23-21-33(45)42(39)52)50-26-29(27-51(48)50)28-14-8-7-9-15-28)49-25-13-19-35-44(49)53(43)41-31(46(34,3)4)17-12-18-32(41)47(35,5)6/h7-27H,1-6H3/q+2. The van der Waals surface area contributed by atoms with E-state index >= 15 is 0 Å². The third-order valence-electron chi connectivity index (χ3n) is 14.1. The minimum atomic E-state index is -0.689. The van der Waals surface area contributed by atoms with E-state index in [0.29, 0.717) is 0 Å². The zero-order valence-corrected chi connectivity index (χ0v) is 30.9. The van der Waals surface area contributed by atoms with Gasteiger partial charge < -0.3 is 4.90 Å². The number of hydrogen-bond donors (Lipinski definition) is 0. The fourth-order valence-corrected chi connectivity index (χ4v) is 11.6. The fraction of sp³-hybridized carbons (Fsp3) is 0.208. The van der Waals surface area contributed by atoms with Gasteiger partial charge in [-0.1, -0.05) is 125 Å². The van der Waals surface area contributed by atoms with E-state index in [-0.39, 0.29) is 16.2 Å². The van der Waals surface area contributed by atoms with Crippen LogP contribution in [0.3, 0.4) is 0 Å². The molecular weight excluding hydrogens is 647 g/mol. The van der Waals surface area contributed by atoms with E-state index < -0.39 is 5.66 Å². The summed E-state index contributed by atoms with van der Waals surface area (Å²) in [6.45, 7) is 14.6. The molecule has 1 spiro atoms. The summed E-state index contributed by atoms with van der Waals surface area (Å²) in [5, 5.41) is 0. The van der Waals surface area contributed by atoms with Gasteiger partial charge >= 0.3 is 5.66 Å². The van der Waals surface area contributed by atoms with Crippen LogP contribution in [-0.4, -0.2) is 4.68 Å². The van der Waals surface area contributed by atoms with E-state index in [2.05, 4.69) is 193 Å². The smallest absolute Gasteiger partial charge is 0.308 e. The molecule has 5 nitrogen and oxygen atoms in total. The Kier molecular flexibility index (Phi) is 4.58. The van der Waals surface area contributed by atoms with Crippen LogP contribution in [0, 0.1) is 0 Å². The van der Waals surface area contributed by atoms with Gasteiger partial charge in [0.2, 0.25) is 6.20 Å². The van der Waals surface area contributed by atoms with Gasteiger partial charge in [0.25, 0.3) is 5.82 Å². The predicted octanol–water partition coefficient (Wildman–Crippen LogP) is 9.81. The summed E-state index contributed by atoms with van der Waals surface area (Å²) in [4.78, 5) is 5.31. The van der Waals surface area contributed by atoms with Crippen molar-refractivity contribution in [3.8, 4) is 16.8 Å². The maximum Gasteiger partial charge on any atom is 0.394 e. The third-order valence-corrected chi connectivity index (χ3v) is 14.1. The number of para-hydroxylation sites is 2. The molecule has 0 saturated heterocycles. The molecule has 0 bridgehead atoms. The van der Waals surface area contributed by atoms with Crippen molar-refractivity contribution in [2.24, 2.45) is 0 Å². The molecule has 5 aromatic carbocycles. The molecule has 0 N–H and O–H groups in total. The van der Waals surface area contributed by atoms with E-state index in [9.17, 15) is 0 Å². The molecule has 0 amide bonds. The van der Waals surface area contributed by atoms with Crippen molar-refractivity contribution in [2.75, 3.05) is 9.80 Å². The Labute approximate surface area is 309 Å². The van der Waals surface area contributed by atoms with E-state index in [1.165, 1.54) is 95.6 Å². The van der Waals surface area contributed by atoms with Crippen molar-refractivity contribution in [3.05, 3.63) is 172 Å². The number of pyridine rings is 1. The first kappa shape index (κ1) is 28.6. The van der Waals surface area contributed by atoms with Gasteiger partial charge in [-0.15, -0.1) is 4.68 Å². The number of benzene rings is 5. The van der Waals surface area contributed by atoms with Crippen LogP contribution in [0.5, 0.6) is 0 Å². The number of aromatic nitrogens is 3. The molecule has 5 heteroatoms. The number of nitrogens with zero attached hydrogens (tertiary/aromatic N) is 5. The van der Waals surface area contributed by atoms with Crippen LogP contribution in [0.1, 0.15) is 86.1 Å². The maximum atomic E-state index is 2.68. The fourth-order valence-electron chi connectivity index (χ4n) is 11.6. The van der Waals surface area contributed by atoms with E-state index in [1.54, 1.807) is 0 Å². The highest BCUT2D eigenvalue weighted by Gasteiger charge is 2.73. The highest BCUT2D eigenvalue weighted by Crippen LogP contribution is 2.69. The molecule has 2 aromatic heterocycles. The lowest BCUT2D eigenvalue weighted by Crippen LogP contribution is -2.78. The van der Waals surface area contributed by atoms with Crippen LogP contribution in [0.25, 0.3) is 16.8 Å². The van der Waals surface area contributed by atoms with Crippen molar-refractivity contribution in [2.45, 2.75) is 63.5 Å². The maximum absolute atomic E-state index is 2.68. The minimum Gasteiger partial charge on any atom is -0.308 e. The number of hydrogen-bond acceptors (Lipinski definition) is 2. The van der Waals surface area contributed by atoms with Crippen molar-refractivity contribution in [1.82, 2.24) is 4.68 Å². The molecule has 53 heavy (non-hydrogen) atoms. The van der Waals surface area contributed by atoms with Gasteiger partial charge in [0.05, 0.1) is 40.6 Å². The zero-order valence-electron chi connectivity index (χ0n) is 30.9. The lowest BCUT2D eigenvalue weighted by atomic mass is 9.63. The van der Waals surface area contributed by atoms with Crippen LogP contribution in [0.15, 0.2) is 128 Å². The molecule has 6 aliphatic rings. The van der Waals surface area contributed by atoms with Gasteiger partial charge in [0, 0.05) is 32.9 Å². The summed E-state index contributed by atoms with van der Waals surface area (Å²) < 4.78 is 7.71. The van der Waals surface area contributed by atoms with Crippen molar-refractivity contribution in [3.63, 3.8) is 0 Å². The van der Waals surface area contributed by atoms with E-state index in [1.807, 2.05) is 0 Å². The Morgan fingerprint density at radius 1 is 0.453 bits per heavy atom. The van der Waals surface area contributed by atoms with Crippen LogP contribution in [-0.2, 0) is 21.9 Å².